The number of hydrogen-bond acceptors (Lipinski definition) is 4. The molecule has 2 aromatic carbocycles. The molecule has 0 aliphatic rings. The Labute approximate surface area is 164 Å². The van der Waals surface area contributed by atoms with Crippen molar-refractivity contribution >= 4 is 41.0 Å². The monoisotopic (exact) mass is 466 g/mol. The summed E-state index contributed by atoms with van der Waals surface area (Å²) in [5.41, 5.74) is 3.72. The molecular formula is C22H22N2O2Sn. The Morgan fingerprint density at radius 3 is 1.52 bits per heavy atom. The van der Waals surface area contributed by atoms with Crippen LogP contribution in [0.3, 0.4) is 0 Å². The Hall–Kier alpha value is -2.34. The van der Waals surface area contributed by atoms with Crippen LogP contribution in [0, 0.1) is 13.8 Å². The molecule has 0 saturated carbocycles. The predicted octanol–water partition coefficient (Wildman–Crippen LogP) is 5.56. The van der Waals surface area contributed by atoms with Crippen LogP contribution in [-0.2, 0) is 0 Å². The van der Waals surface area contributed by atoms with Crippen LogP contribution in [0.15, 0.2) is 60.7 Å². The number of pyridine rings is 2. The van der Waals surface area contributed by atoms with Gasteiger partial charge in [-0.25, -0.2) is 0 Å². The second kappa shape index (κ2) is 7.00. The molecule has 4 aromatic rings. The molecule has 0 aliphatic carbocycles. The number of para-hydroxylation sites is 2. The van der Waals surface area contributed by atoms with Gasteiger partial charge in [-0.2, -0.15) is 0 Å². The average Bonchev–Trinajstić information content (AvgIpc) is 2.62. The molecule has 0 saturated heterocycles. The molecule has 5 heteroatoms. The zero-order valence-corrected chi connectivity index (χ0v) is 18.8. The summed E-state index contributed by atoms with van der Waals surface area (Å²) in [4.78, 5) is 13.6. The average molecular weight is 465 g/mol. The van der Waals surface area contributed by atoms with E-state index in [0.717, 1.165) is 44.7 Å². The van der Waals surface area contributed by atoms with E-state index in [0.29, 0.717) is 0 Å². The summed E-state index contributed by atoms with van der Waals surface area (Å²) in [6.45, 7) is 3.98. The third-order valence-electron chi connectivity index (χ3n) is 4.36. The molecule has 0 atom stereocenters. The Kier molecular flexibility index (Phi) is 4.68. The number of benzene rings is 2. The fraction of sp³-hybridized carbons (Fsp3) is 0.182. The first kappa shape index (κ1) is 18.0. The van der Waals surface area contributed by atoms with Crippen LogP contribution in [0.5, 0.6) is 11.5 Å². The second-order valence-electron chi connectivity index (χ2n) is 7.16. The summed E-state index contributed by atoms with van der Waals surface area (Å²) in [6.07, 6.45) is 0. The minimum absolute atomic E-state index is 0.793. The van der Waals surface area contributed by atoms with Crippen LogP contribution in [0.2, 0.25) is 9.88 Å². The van der Waals surface area contributed by atoms with Gasteiger partial charge in [-0.3, -0.25) is 0 Å². The number of aromatic nitrogens is 2. The van der Waals surface area contributed by atoms with Gasteiger partial charge < -0.3 is 0 Å². The van der Waals surface area contributed by atoms with Gasteiger partial charge in [0.2, 0.25) is 0 Å². The van der Waals surface area contributed by atoms with Gasteiger partial charge in [0.15, 0.2) is 0 Å². The van der Waals surface area contributed by atoms with Gasteiger partial charge in [0, 0.05) is 0 Å². The minimum atomic E-state index is -3.38. The van der Waals surface area contributed by atoms with E-state index in [2.05, 4.69) is 44.1 Å². The normalized spacial score (nSPS) is 11.7. The van der Waals surface area contributed by atoms with Crippen molar-refractivity contribution in [2.24, 2.45) is 0 Å². The van der Waals surface area contributed by atoms with Crippen LogP contribution in [0.4, 0.5) is 0 Å². The standard InChI is InChI=1S/2C10H9NO.2CH3.Sn/c2*1-7-5-6-8-3-2-4-9(12)10(8)11-7;;;/h2*2-6,12H,1H3;2*1H3;/q;;;;+2/p-2. The zero-order chi connectivity index (χ0) is 19.0. The van der Waals surface area contributed by atoms with Crippen molar-refractivity contribution in [3.05, 3.63) is 72.1 Å². The van der Waals surface area contributed by atoms with Crippen molar-refractivity contribution in [3.8, 4) is 11.5 Å². The Morgan fingerprint density at radius 1 is 0.630 bits per heavy atom. The summed E-state index contributed by atoms with van der Waals surface area (Å²) in [5.74, 6) is 1.59. The predicted molar refractivity (Wildman–Crippen MR) is 112 cm³/mol. The maximum absolute atomic E-state index is 6.45. The molecule has 0 N–H and O–H groups in total. The van der Waals surface area contributed by atoms with Gasteiger partial charge in [0.1, 0.15) is 0 Å². The number of nitrogens with zero attached hydrogens (tertiary/aromatic N) is 2. The summed E-state index contributed by atoms with van der Waals surface area (Å²) in [5, 5.41) is 2.14. The molecule has 27 heavy (non-hydrogen) atoms. The fourth-order valence-electron chi connectivity index (χ4n) is 3.15. The number of hydrogen-bond donors (Lipinski definition) is 0. The Balaban J connectivity index is 1.69. The maximum atomic E-state index is 6.45. The van der Waals surface area contributed by atoms with Gasteiger partial charge in [-0.05, 0) is 0 Å². The molecule has 4 nitrogen and oxygen atoms in total. The molecule has 0 aliphatic heterocycles. The van der Waals surface area contributed by atoms with E-state index in [1.165, 1.54) is 0 Å². The molecule has 0 fully saturated rings. The molecule has 4 rings (SSSR count). The Bertz CT molecular complexity index is 1050. The van der Waals surface area contributed by atoms with Crippen molar-refractivity contribution < 1.29 is 6.15 Å². The van der Waals surface area contributed by atoms with E-state index in [-0.39, 0.29) is 0 Å². The van der Waals surface area contributed by atoms with E-state index in [1.54, 1.807) is 0 Å². The SMILES string of the molecule is Cc1ccc2cccc([O][Sn]([CH3])([CH3])[O]c3cccc4ccc(C)nc34)c2n1. The number of aryl methyl sites for hydroxylation is 2. The van der Waals surface area contributed by atoms with Crippen molar-refractivity contribution in [3.63, 3.8) is 0 Å². The first-order valence-electron chi connectivity index (χ1n) is 9.02. The van der Waals surface area contributed by atoms with Gasteiger partial charge in [0.05, 0.1) is 0 Å². The first-order chi connectivity index (χ1) is 12.9. The summed E-state index contributed by atoms with van der Waals surface area (Å²) in [6, 6.07) is 20.2. The van der Waals surface area contributed by atoms with Crippen molar-refractivity contribution in [2.45, 2.75) is 23.7 Å². The van der Waals surface area contributed by atoms with Crippen LogP contribution in [0.25, 0.3) is 21.8 Å². The molecule has 0 radical (unpaired) electrons. The van der Waals surface area contributed by atoms with Gasteiger partial charge in [-0.15, -0.1) is 0 Å². The summed E-state index contributed by atoms with van der Waals surface area (Å²) in [7, 11) is 0. The van der Waals surface area contributed by atoms with E-state index in [9.17, 15) is 0 Å². The molecule has 0 amide bonds. The molecule has 2 heterocycles. The van der Waals surface area contributed by atoms with E-state index in [4.69, 9.17) is 6.15 Å². The molecule has 0 bridgehead atoms. The van der Waals surface area contributed by atoms with Crippen molar-refractivity contribution in [1.29, 1.82) is 0 Å². The summed E-state index contributed by atoms with van der Waals surface area (Å²) < 4.78 is 12.9. The first-order valence-corrected chi connectivity index (χ1v) is 17.1. The van der Waals surface area contributed by atoms with Crippen molar-refractivity contribution in [2.75, 3.05) is 0 Å². The molecular weight excluding hydrogens is 443 g/mol. The van der Waals surface area contributed by atoms with E-state index < -0.39 is 19.2 Å². The van der Waals surface area contributed by atoms with Crippen LogP contribution < -0.4 is 6.15 Å². The quantitative estimate of drug-likeness (QED) is 0.371. The van der Waals surface area contributed by atoms with E-state index >= 15 is 0 Å². The molecule has 136 valence electrons. The fourth-order valence-corrected chi connectivity index (χ4v) is 7.23. The third kappa shape index (κ3) is 3.85. The van der Waals surface area contributed by atoms with Crippen LogP contribution >= 0.6 is 0 Å². The molecule has 0 spiro atoms. The van der Waals surface area contributed by atoms with Crippen LogP contribution in [0.1, 0.15) is 11.4 Å². The Morgan fingerprint density at radius 2 is 1.07 bits per heavy atom. The molecule has 2 aromatic heterocycles. The topological polar surface area (TPSA) is 44.2 Å². The van der Waals surface area contributed by atoms with Crippen molar-refractivity contribution in [1.82, 2.24) is 9.97 Å². The third-order valence-corrected chi connectivity index (χ3v) is 8.42. The van der Waals surface area contributed by atoms with Gasteiger partial charge in [0.25, 0.3) is 0 Å². The summed E-state index contributed by atoms with van der Waals surface area (Å²) >= 11 is -3.38. The van der Waals surface area contributed by atoms with Crippen LogP contribution in [-0.4, -0.2) is 29.2 Å². The molecule has 0 unspecified atom stereocenters. The second-order valence-corrected chi connectivity index (χ2v) is 16.3. The number of rotatable bonds is 4. The number of fused-ring (bicyclic) bond motifs is 2. The van der Waals surface area contributed by atoms with E-state index in [1.807, 2.05) is 50.2 Å². The van der Waals surface area contributed by atoms with Gasteiger partial charge in [-0.1, -0.05) is 0 Å². The van der Waals surface area contributed by atoms with Gasteiger partial charge >= 0.3 is 164 Å². The zero-order valence-electron chi connectivity index (χ0n) is 16.0.